The van der Waals surface area contributed by atoms with Crippen molar-refractivity contribution in [3.8, 4) is 17.0 Å². The van der Waals surface area contributed by atoms with Crippen LogP contribution in [-0.4, -0.2) is 42.1 Å². The zero-order valence-electron chi connectivity index (χ0n) is 19.9. The molecule has 0 radical (unpaired) electrons. The first kappa shape index (κ1) is 24.2. The van der Waals surface area contributed by atoms with E-state index in [1.165, 1.54) is 4.90 Å². The van der Waals surface area contributed by atoms with Crippen LogP contribution in [-0.2, 0) is 14.3 Å². The molecule has 182 valence electrons. The molecule has 3 heterocycles. The van der Waals surface area contributed by atoms with Gasteiger partial charge in [0, 0.05) is 49.1 Å². The van der Waals surface area contributed by atoms with Gasteiger partial charge in [-0.05, 0) is 35.9 Å². The Kier molecular flexibility index (Phi) is 7.31. The second kappa shape index (κ2) is 10.6. The topological polar surface area (TPSA) is 102 Å². The predicted octanol–water partition coefficient (Wildman–Crippen LogP) is 4.88. The molecule has 0 aliphatic carbocycles. The molecule has 8 heteroatoms. The summed E-state index contributed by atoms with van der Waals surface area (Å²) in [6.07, 6.45) is 5.46. The van der Waals surface area contributed by atoms with Crippen molar-refractivity contribution in [2.45, 2.75) is 26.3 Å². The van der Waals surface area contributed by atoms with E-state index in [0.29, 0.717) is 36.8 Å². The minimum absolute atomic E-state index is 0.0404. The van der Waals surface area contributed by atoms with Gasteiger partial charge < -0.3 is 19.0 Å². The average molecular weight is 477 g/mol. The van der Waals surface area contributed by atoms with Gasteiger partial charge in [-0.3, -0.25) is 14.5 Å². The number of methoxy groups -OCH3 is 1. The lowest BCUT2D eigenvalue weighted by atomic mass is 9.91. The van der Waals surface area contributed by atoms with Crippen molar-refractivity contribution in [2.24, 2.45) is 5.92 Å². The zero-order chi connectivity index (χ0) is 24.9. The molecular weight excluding hydrogens is 448 g/mol. The van der Waals surface area contributed by atoms with Gasteiger partial charge in [0.2, 0.25) is 5.88 Å². The molecule has 0 spiro atoms. The maximum atomic E-state index is 13.3. The van der Waals surface area contributed by atoms with Crippen molar-refractivity contribution >= 4 is 17.4 Å². The largest absolute Gasteiger partial charge is 0.503 e. The Morgan fingerprint density at radius 1 is 1.14 bits per heavy atom. The molecule has 0 saturated carbocycles. The maximum Gasteiger partial charge on any atom is 0.294 e. The van der Waals surface area contributed by atoms with E-state index in [2.05, 4.69) is 4.98 Å². The number of ketones is 1. The van der Waals surface area contributed by atoms with E-state index in [9.17, 15) is 14.7 Å². The number of aliphatic hydroxyl groups excluding tert-OH is 1. The van der Waals surface area contributed by atoms with Crippen molar-refractivity contribution in [3.63, 3.8) is 0 Å². The molecule has 35 heavy (non-hydrogen) atoms. The second-order valence-electron chi connectivity index (χ2n) is 8.51. The van der Waals surface area contributed by atoms with E-state index >= 15 is 0 Å². The van der Waals surface area contributed by atoms with Crippen LogP contribution >= 0.6 is 0 Å². The highest BCUT2D eigenvalue weighted by Crippen LogP contribution is 2.44. The molecule has 1 aromatic carbocycles. The van der Waals surface area contributed by atoms with Crippen molar-refractivity contribution in [1.82, 2.24) is 4.98 Å². The van der Waals surface area contributed by atoms with E-state index in [1.807, 2.05) is 18.2 Å². The molecule has 0 fully saturated rings. The second-order valence-corrected chi connectivity index (χ2v) is 8.51. The summed E-state index contributed by atoms with van der Waals surface area (Å²) < 4.78 is 16.1. The zero-order valence-corrected chi connectivity index (χ0v) is 19.9. The summed E-state index contributed by atoms with van der Waals surface area (Å²) >= 11 is 0. The number of carbonyl (C=O) groups is 2. The molecule has 1 unspecified atom stereocenters. The van der Waals surface area contributed by atoms with Crippen LogP contribution < -0.4 is 9.64 Å². The molecule has 3 aromatic rings. The standard InChI is InChI=1S/C27H28N2O6/c1-17(2)24(30)22-23(21-6-4-12-28-26(21)35-14-5-13-33-3)29(27(32)25(22)31)20-9-7-18(8-10-20)19-11-15-34-16-19/h4,6-12,15-17,23,31H,5,13-14H2,1-3H3. The van der Waals surface area contributed by atoms with Crippen LogP contribution in [0.3, 0.4) is 0 Å². The molecule has 0 saturated heterocycles. The molecule has 1 N–H and O–H groups in total. The summed E-state index contributed by atoms with van der Waals surface area (Å²) in [7, 11) is 1.61. The number of amides is 1. The number of carbonyl (C=O) groups excluding carboxylic acids is 2. The van der Waals surface area contributed by atoms with Crippen molar-refractivity contribution < 1.29 is 28.6 Å². The number of Topliss-reactive ketones (excluding diaryl/α,β-unsaturated/α-hetero) is 1. The minimum Gasteiger partial charge on any atom is -0.503 e. The molecule has 0 bridgehead atoms. The van der Waals surface area contributed by atoms with E-state index in [0.717, 1.165) is 11.1 Å². The number of furan rings is 1. The van der Waals surface area contributed by atoms with Crippen molar-refractivity contribution in [1.29, 1.82) is 0 Å². The number of rotatable bonds is 10. The van der Waals surface area contributed by atoms with Crippen molar-refractivity contribution in [3.05, 3.63) is 78.1 Å². The molecule has 1 atom stereocenters. The Balaban J connectivity index is 1.77. The van der Waals surface area contributed by atoms with E-state index < -0.39 is 23.6 Å². The average Bonchev–Trinajstić information content (AvgIpc) is 3.49. The molecule has 1 amide bonds. The van der Waals surface area contributed by atoms with Crippen LogP contribution in [0.5, 0.6) is 5.88 Å². The van der Waals surface area contributed by atoms with E-state index in [-0.39, 0.29) is 11.4 Å². The van der Waals surface area contributed by atoms with Gasteiger partial charge in [-0.1, -0.05) is 26.0 Å². The van der Waals surface area contributed by atoms with Crippen LogP contribution in [0, 0.1) is 5.92 Å². The Bertz CT molecular complexity index is 1210. The number of ether oxygens (including phenoxy) is 2. The third kappa shape index (κ3) is 4.83. The number of aliphatic hydroxyl groups is 1. The summed E-state index contributed by atoms with van der Waals surface area (Å²) in [5.74, 6) is -1.64. The van der Waals surface area contributed by atoms with Gasteiger partial charge in [-0.25, -0.2) is 4.98 Å². The lowest BCUT2D eigenvalue weighted by molar-refractivity contribution is -0.119. The predicted molar refractivity (Wildman–Crippen MR) is 130 cm³/mol. The molecule has 1 aliphatic rings. The highest BCUT2D eigenvalue weighted by Gasteiger charge is 2.46. The van der Waals surface area contributed by atoms with Crippen LogP contribution in [0.15, 0.2) is 76.9 Å². The van der Waals surface area contributed by atoms with Gasteiger partial charge in [0.05, 0.1) is 24.7 Å². The van der Waals surface area contributed by atoms with Gasteiger partial charge in [0.1, 0.15) is 6.04 Å². The summed E-state index contributed by atoms with van der Waals surface area (Å²) in [6, 6.07) is 11.7. The normalized spacial score (nSPS) is 15.8. The van der Waals surface area contributed by atoms with Gasteiger partial charge in [-0.2, -0.15) is 0 Å². The molecular formula is C27H28N2O6. The van der Waals surface area contributed by atoms with Crippen LogP contribution in [0.1, 0.15) is 31.9 Å². The van der Waals surface area contributed by atoms with Crippen LogP contribution in [0.4, 0.5) is 5.69 Å². The fraction of sp³-hybridized carbons (Fsp3) is 0.296. The minimum atomic E-state index is -0.886. The lowest BCUT2D eigenvalue weighted by Gasteiger charge is -2.28. The number of benzene rings is 1. The Morgan fingerprint density at radius 3 is 2.57 bits per heavy atom. The summed E-state index contributed by atoms with van der Waals surface area (Å²) in [6.45, 7) is 4.34. The van der Waals surface area contributed by atoms with Gasteiger partial charge in [0.25, 0.3) is 5.91 Å². The first-order valence-electron chi connectivity index (χ1n) is 11.4. The molecule has 4 rings (SSSR count). The number of hydrogen-bond donors (Lipinski definition) is 1. The fourth-order valence-electron chi connectivity index (χ4n) is 4.08. The Hall–Kier alpha value is -3.91. The van der Waals surface area contributed by atoms with Crippen LogP contribution in [0.2, 0.25) is 0 Å². The van der Waals surface area contributed by atoms with Gasteiger partial charge >= 0.3 is 0 Å². The molecule has 2 aromatic heterocycles. The highest BCUT2D eigenvalue weighted by atomic mass is 16.5. The first-order chi connectivity index (χ1) is 16.9. The summed E-state index contributed by atoms with van der Waals surface area (Å²) in [5.41, 5.74) is 2.89. The highest BCUT2D eigenvalue weighted by molar-refractivity contribution is 6.17. The van der Waals surface area contributed by atoms with Crippen LogP contribution in [0.25, 0.3) is 11.1 Å². The Labute approximate surface area is 203 Å². The number of anilines is 1. The van der Waals surface area contributed by atoms with Gasteiger partial charge in [-0.15, -0.1) is 0 Å². The monoisotopic (exact) mass is 476 g/mol. The van der Waals surface area contributed by atoms with E-state index in [1.54, 1.807) is 63.9 Å². The van der Waals surface area contributed by atoms with Crippen molar-refractivity contribution in [2.75, 3.05) is 25.2 Å². The Morgan fingerprint density at radius 2 is 1.91 bits per heavy atom. The smallest absolute Gasteiger partial charge is 0.294 e. The third-order valence-corrected chi connectivity index (χ3v) is 5.82. The third-order valence-electron chi connectivity index (χ3n) is 5.82. The quantitative estimate of drug-likeness (QED) is 0.416. The summed E-state index contributed by atoms with van der Waals surface area (Å²) in [5, 5.41) is 10.9. The van der Waals surface area contributed by atoms with E-state index in [4.69, 9.17) is 13.9 Å². The maximum absolute atomic E-state index is 13.3. The molecule has 8 nitrogen and oxygen atoms in total. The number of pyridine rings is 1. The SMILES string of the molecule is COCCCOc1ncccc1C1C(C(=O)C(C)C)=C(O)C(=O)N1c1ccc(-c2ccoc2)cc1. The first-order valence-corrected chi connectivity index (χ1v) is 11.4. The number of nitrogens with zero attached hydrogens (tertiary/aromatic N) is 2. The number of hydrogen-bond acceptors (Lipinski definition) is 7. The van der Waals surface area contributed by atoms with Gasteiger partial charge in [0.15, 0.2) is 11.5 Å². The molecule has 1 aliphatic heterocycles. The summed E-state index contributed by atoms with van der Waals surface area (Å²) in [4.78, 5) is 32.3. The fourth-order valence-corrected chi connectivity index (χ4v) is 4.08. The number of aromatic nitrogens is 1. The lowest BCUT2D eigenvalue weighted by Crippen LogP contribution is -2.32.